The lowest BCUT2D eigenvalue weighted by Gasteiger charge is -2.09. The van der Waals surface area contributed by atoms with E-state index in [1.807, 2.05) is 0 Å². The van der Waals surface area contributed by atoms with Crippen molar-refractivity contribution < 1.29 is 46.1 Å². The fraction of sp³-hybridized carbons (Fsp3) is 0. The normalized spacial score (nSPS) is 12.5. The second kappa shape index (κ2) is 10.8. The minimum Gasteiger partial charge on any atom is -0.506 e. The average molecular weight is 623 g/mol. The van der Waals surface area contributed by atoms with E-state index in [0.29, 0.717) is 10.8 Å². The van der Waals surface area contributed by atoms with Gasteiger partial charge in [0, 0.05) is 21.5 Å². The summed E-state index contributed by atoms with van der Waals surface area (Å²) >= 11 is 0. The molecule has 0 saturated carbocycles. The molecule has 14 nitrogen and oxygen atoms in total. The van der Waals surface area contributed by atoms with Gasteiger partial charge in [0.25, 0.3) is 20.2 Å². The lowest BCUT2D eigenvalue weighted by molar-refractivity contribution is 0.0693. The molecule has 0 heterocycles. The lowest BCUT2D eigenvalue weighted by atomic mass is 10.1. The molecule has 5 rings (SSSR count). The van der Waals surface area contributed by atoms with Crippen molar-refractivity contribution in [2.45, 2.75) is 9.79 Å². The van der Waals surface area contributed by atoms with Gasteiger partial charge in [0.2, 0.25) is 0 Å². The number of rotatable bonds is 7. The molecule has 0 aromatic heterocycles. The van der Waals surface area contributed by atoms with Crippen LogP contribution >= 0.6 is 0 Å². The highest BCUT2D eigenvalue weighted by Gasteiger charge is 2.23. The van der Waals surface area contributed by atoms with Crippen LogP contribution in [0.3, 0.4) is 0 Å². The highest BCUT2D eigenvalue weighted by molar-refractivity contribution is 7.86. The number of carboxylic acids is 1. The number of hydrogen-bond donors (Lipinski definition) is 5. The van der Waals surface area contributed by atoms with Gasteiger partial charge in [0.1, 0.15) is 21.0 Å². The third-order valence-electron chi connectivity index (χ3n) is 6.22. The summed E-state index contributed by atoms with van der Waals surface area (Å²) in [5.41, 5.74) is -0.844. The van der Waals surface area contributed by atoms with E-state index in [4.69, 9.17) is 0 Å². The van der Waals surface area contributed by atoms with E-state index in [2.05, 4.69) is 20.5 Å². The van der Waals surface area contributed by atoms with E-state index in [0.717, 1.165) is 18.2 Å². The Hall–Kier alpha value is -5.29. The maximum absolute atomic E-state index is 12.0. The van der Waals surface area contributed by atoms with Crippen LogP contribution in [-0.2, 0) is 20.2 Å². The van der Waals surface area contributed by atoms with Gasteiger partial charge in [-0.2, -0.15) is 21.9 Å². The van der Waals surface area contributed by atoms with E-state index < -0.39 is 47.3 Å². The summed E-state index contributed by atoms with van der Waals surface area (Å²) < 4.78 is 66.4. The fourth-order valence-corrected chi connectivity index (χ4v) is 5.61. The molecular formula is C27H18N4O10S2. The van der Waals surface area contributed by atoms with E-state index in [9.17, 15) is 46.1 Å². The van der Waals surface area contributed by atoms with E-state index >= 15 is 0 Å². The predicted molar refractivity (Wildman–Crippen MR) is 153 cm³/mol. The SMILES string of the molecule is O=C(O)c1cc(N=Nc2ccc(N=Nc3cc(S(=O)(=O)O)c4ccccc4c3O)c3ccccc23)cc(S(=O)(=O)O)c1O. The molecular weight excluding hydrogens is 604 g/mol. The Balaban J connectivity index is 1.58. The Morgan fingerprint density at radius 3 is 1.58 bits per heavy atom. The van der Waals surface area contributed by atoms with Crippen LogP contribution in [-0.4, -0.2) is 47.2 Å². The third kappa shape index (κ3) is 5.75. The third-order valence-corrected chi connectivity index (χ3v) is 7.98. The van der Waals surface area contributed by atoms with Gasteiger partial charge >= 0.3 is 5.97 Å². The molecule has 43 heavy (non-hydrogen) atoms. The first-order chi connectivity index (χ1) is 20.3. The van der Waals surface area contributed by atoms with Gasteiger partial charge in [-0.05, 0) is 30.3 Å². The second-order valence-electron chi connectivity index (χ2n) is 8.93. The van der Waals surface area contributed by atoms with Crippen LogP contribution in [0.1, 0.15) is 10.4 Å². The zero-order valence-corrected chi connectivity index (χ0v) is 23.0. The van der Waals surface area contributed by atoms with Crippen LogP contribution in [0.5, 0.6) is 11.5 Å². The molecule has 5 N–H and O–H groups in total. The molecule has 218 valence electrons. The van der Waals surface area contributed by atoms with E-state index in [-0.39, 0.29) is 39.3 Å². The van der Waals surface area contributed by atoms with Crippen LogP contribution in [0.25, 0.3) is 21.5 Å². The van der Waals surface area contributed by atoms with Crippen molar-refractivity contribution >= 4 is 70.5 Å². The molecule has 0 aliphatic heterocycles. The Morgan fingerprint density at radius 1 is 0.558 bits per heavy atom. The Kier molecular flexibility index (Phi) is 7.37. The van der Waals surface area contributed by atoms with Crippen molar-refractivity contribution in [2.75, 3.05) is 0 Å². The minimum atomic E-state index is -4.99. The summed E-state index contributed by atoms with van der Waals surface area (Å²) in [5, 5.41) is 47.3. The number of phenolic OH excluding ortho intramolecular Hbond substituents is 1. The largest absolute Gasteiger partial charge is 0.506 e. The average Bonchev–Trinajstić information content (AvgIpc) is 2.95. The first-order valence-corrected chi connectivity index (χ1v) is 14.8. The molecule has 5 aromatic carbocycles. The zero-order chi connectivity index (χ0) is 31.1. The molecule has 0 unspecified atom stereocenters. The van der Waals surface area contributed by atoms with Crippen LogP contribution in [0.2, 0.25) is 0 Å². The highest BCUT2D eigenvalue weighted by Crippen LogP contribution is 2.41. The predicted octanol–water partition coefficient (Wildman–Crippen LogP) is 6.43. The number of azo groups is 2. The molecule has 0 aliphatic rings. The highest BCUT2D eigenvalue weighted by atomic mass is 32.2. The van der Waals surface area contributed by atoms with Crippen LogP contribution in [0, 0.1) is 0 Å². The lowest BCUT2D eigenvalue weighted by Crippen LogP contribution is -2.04. The topological polar surface area (TPSA) is 236 Å². The molecule has 16 heteroatoms. The van der Waals surface area contributed by atoms with Gasteiger partial charge < -0.3 is 15.3 Å². The Morgan fingerprint density at radius 2 is 1.05 bits per heavy atom. The van der Waals surface area contributed by atoms with Crippen molar-refractivity contribution in [1.29, 1.82) is 0 Å². The van der Waals surface area contributed by atoms with Crippen molar-refractivity contribution in [2.24, 2.45) is 20.5 Å². The molecule has 5 aromatic rings. The number of carboxylic acid groups (broad SMARTS) is 1. The van der Waals surface area contributed by atoms with Crippen LogP contribution < -0.4 is 0 Å². The minimum absolute atomic E-state index is 0.0921. The number of aromatic hydroxyl groups is 2. The number of phenols is 2. The smallest absolute Gasteiger partial charge is 0.339 e. The standard InChI is InChI=1S/C27H18N4O10S2/c32-25-18-8-4-3-7-17(18)23(42(36,37)38)13-22(25)31-30-21-10-9-20(15-5-1-2-6-16(15)21)29-28-14-11-19(27(34)35)26(33)24(12-14)43(39,40)41/h1-13,32-33H,(H,34,35)(H,36,37,38)(H,39,40,41). The summed E-state index contributed by atoms with van der Waals surface area (Å²) in [6.07, 6.45) is 0. The molecule has 0 fully saturated rings. The summed E-state index contributed by atoms with van der Waals surface area (Å²) in [4.78, 5) is 9.95. The summed E-state index contributed by atoms with van der Waals surface area (Å²) in [7, 11) is -9.67. The van der Waals surface area contributed by atoms with Crippen molar-refractivity contribution in [1.82, 2.24) is 0 Å². The summed E-state index contributed by atoms with van der Waals surface area (Å²) in [6, 6.07) is 18.2. The van der Waals surface area contributed by atoms with Crippen molar-refractivity contribution in [3.8, 4) is 11.5 Å². The number of hydrogen-bond acceptors (Lipinski definition) is 11. The van der Waals surface area contributed by atoms with Crippen LogP contribution in [0.4, 0.5) is 22.7 Å². The zero-order valence-electron chi connectivity index (χ0n) is 21.4. The summed E-state index contributed by atoms with van der Waals surface area (Å²) in [5.74, 6) is -3.18. The number of aromatic carboxylic acids is 1. The van der Waals surface area contributed by atoms with E-state index in [1.54, 1.807) is 36.4 Å². The van der Waals surface area contributed by atoms with Gasteiger partial charge in [0.15, 0.2) is 11.5 Å². The Labute approximate surface area is 242 Å². The van der Waals surface area contributed by atoms with Crippen LogP contribution in [0.15, 0.2) is 109 Å². The van der Waals surface area contributed by atoms with Gasteiger partial charge in [0.05, 0.1) is 17.1 Å². The maximum Gasteiger partial charge on any atom is 0.339 e. The quantitative estimate of drug-likeness (QED) is 0.0985. The number of carbonyl (C=O) groups is 1. The Bertz CT molecular complexity index is 2250. The van der Waals surface area contributed by atoms with E-state index in [1.165, 1.54) is 24.3 Å². The molecule has 0 aliphatic carbocycles. The first kappa shape index (κ1) is 29.2. The second-order valence-corrected chi connectivity index (χ2v) is 11.7. The molecule has 0 saturated heterocycles. The molecule has 0 bridgehead atoms. The maximum atomic E-state index is 12.0. The van der Waals surface area contributed by atoms with Gasteiger partial charge in [-0.1, -0.05) is 48.5 Å². The first-order valence-electron chi connectivity index (χ1n) is 11.9. The fourth-order valence-electron chi connectivity index (χ4n) is 4.27. The molecule has 0 atom stereocenters. The number of nitrogens with zero attached hydrogens (tertiary/aromatic N) is 4. The van der Waals surface area contributed by atoms with Crippen molar-refractivity contribution in [3.63, 3.8) is 0 Å². The molecule has 0 amide bonds. The number of fused-ring (bicyclic) bond motifs is 2. The van der Waals surface area contributed by atoms with Gasteiger partial charge in [-0.3, -0.25) is 9.11 Å². The van der Waals surface area contributed by atoms with Gasteiger partial charge in [-0.15, -0.1) is 15.3 Å². The summed E-state index contributed by atoms with van der Waals surface area (Å²) in [6.45, 7) is 0. The van der Waals surface area contributed by atoms with Crippen molar-refractivity contribution in [3.05, 3.63) is 84.4 Å². The monoisotopic (exact) mass is 622 g/mol. The number of benzene rings is 5. The molecule has 0 radical (unpaired) electrons. The van der Waals surface area contributed by atoms with Gasteiger partial charge in [-0.25, -0.2) is 4.79 Å². The molecule has 0 spiro atoms.